The SMILES string of the molecule is COC(=O)[C@H](Cc1cnc[nH]1)N=Cc1ccccc1O. The summed E-state index contributed by atoms with van der Waals surface area (Å²) >= 11 is 0. The number of para-hydroxylation sites is 1. The second-order valence-corrected chi connectivity index (χ2v) is 4.16. The Bertz CT molecular complexity index is 593. The number of carbonyl (C=O) groups is 1. The number of hydrogen-bond donors (Lipinski definition) is 2. The van der Waals surface area contributed by atoms with Gasteiger partial charge in [-0.1, -0.05) is 12.1 Å². The maximum absolute atomic E-state index is 11.7. The van der Waals surface area contributed by atoms with E-state index in [1.165, 1.54) is 19.7 Å². The molecule has 104 valence electrons. The van der Waals surface area contributed by atoms with E-state index in [1.54, 1.807) is 30.5 Å². The maximum Gasteiger partial charge on any atom is 0.330 e. The minimum atomic E-state index is -0.681. The number of phenols is 1. The quantitative estimate of drug-likeness (QED) is 0.635. The Labute approximate surface area is 116 Å². The monoisotopic (exact) mass is 273 g/mol. The molecule has 6 nitrogen and oxygen atoms in total. The molecule has 20 heavy (non-hydrogen) atoms. The lowest BCUT2D eigenvalue weighted by atomic mass is 10.1. The van der Waals surface area contributed by atoms with Crippen molar-refractivity contribution in [2.75, 3.05) is 7.11 Å². The molecular weight excluding hydrogens is 258 g/mol. The van der Waals surface area contributed by atoms with Gasteiger partial charge in [-0.15, -0.1) is 0 Å². The number of hydrogen-bond acceptors (Lipinski definition) is 5. The zero-order valence-electron chi connectivity index (χ0n) is 11.0. The molecule has 0 spiro atoms. The lowest BCUT2D eigenvalue weighted by Gasteiger charge is -2.08. The van der Waals surface area contributed by atoms with Gasteiger partial charge in [0.2, 0.25) is 0 Å². The van der Waals surface area contributed by atoms with Crippen LogP contribution < -0.4 is 0 Å². The molecule has 2 rings (SSSR count). The topological polar surface area (TPSA) is 87.6 Å². The van der Waals surface area contributed by atoms with Crippen molar-refractivity contribution in [3.05, 3.63) is 48.0 Å². The standard InChI is InChI=1S/C14H15N3O3/c1-20-14(19)12(6-11-8-15-9-17-11)16-7-10-4-2-3-5-13(10)18/h2-5,7-9,12,18H,6H2,1H3,(H,15,17)/t12-/m0/s1. The second-order valence-electron chi connectivity index (χ2n) is 4.16. The van der Waals surface area contributed by atoms with Gasteiger partial charge in [0.15, 0.2) is 6.04 Å². The maximum atomic E-state index is 11.7. The molecule has 0 unspecified atom stereocenters. The highest BCUT2D eigenvalue weighted by atomic mass is 16.5. The Hall–Kier alpha value is -2.63. The fourth-order valence-corrected chi connectivity index (χ4v) is 1.70. The lowest BCUT2D eigenvalue weighted by Crippen LogP contribution is -2.23. The predicted octanol–water partition coefficient (Wildman–Crippen LogP) is 1.32. The number of ether oxygens (including phenoxy) is 1. The van der Waals surface area contributed by atoms with Crippen LogP contribution in [0.4, 0.5) is 0 Å². The first kappa shape index (κ1) is 13.8. The highest BCUT2D eigenvalue weighted by molar-refractivity contribution is 5.86. The number of rotatable bonds is 5. The molecule has 1 aromatic carbocycles. The van der Waals surface area contributed by atoms with E-state index in [0.717, 1.165) is 5.69 Å². The Balaban J connectivity index is 2.15. The van der Waals surface area contributed by atoms with Crippen LogP contribution in [0.15, 0.2) is 41.8 Å². The smallest absolute Gasteiger partial charge is 0.330 e. The number of imidazole rings is 1. The Kier molecular flexibility index (Phi) is 4.49. The van der Waals surface area contributed by atoms with Crippen LogP contribution in [0.2, 0.25) is 0 Å². The lowest BCUT2D eigenvalue weighted by molar-refractivity contribution is -0.142. The number of aromatic amines is 1. The summed E-state index contributed by atoms with van der Waals surface area (Å²) < 4.78 is 4.73. The number of phenolic OH excluding ortho intramolecular Hbond substituents is 1. The van der Waals surface area contributed by atoms with E-state index in [9.17, 15) is 9.90 Å². The van der Waals surface area contributed by atoms with Crippen LogP contribution in [0.5, 0.6) is 5.75 Å². The number of methoxy groups -OCH3 is 1. The summed E-state index contributed by atoms with van der Waals surface area (Å²) in [5, 5.41) is 9.65. The van der Waals surface area contributed by atoms with Gasteiger partial charge in [0.05, 0.1) is 13.4 Å². The van der Waals surface area contributed by atoms with Crippen molar-refractivity contribution in [1.29, 1.82) is 0 Å². The number of esters is 1. The van der Waals surface area contributed by atoms with Crippen molar-refractivity contribution in [3.63, 3.8) is 0 Å². The molecule has 0 aliphatic rings. The van der Waals surface area contributed by atoms with Crippen LogP contribution in [0.3, 0.4) is 0 Å². The molecule has 0 bridgehead atoms. The third kappa shape index (κ3) is 3.44. The van der Waals surface area contributed by atoms with Crippen LogP contribution in [-0.4, -0.2) is 40.4 Å². The Morgan fingerprint density at radius 3 is 3.00 bits per heavy atom. The molecule has 1 heterocycles. The van der Waals surface area contributed by atoms with E-state index in [-0.39, 0.29) is 5.75 Å². The van der Waals surface area contributed by atoms with Crippen molar-refractivity contribution in [1.82, 2.24) is 9.97 Å². The molecule has 0 aliphatic carbocycles. The molecule has 0 radical (unpaired) electrons. The number of H-pyrrole nitrogens is 1. The average molecular weight is 273 g/mol. The molecule has 0 saturated heterocycles. The minimum Gasteiger partial charge on any atom is -0.507 e. The van der Waals surface area contributed by atoms with E-state index in [1.807, 2.05) is 0 Å². The summed E-state index contributed by atoms with van der Waals surface area (Å²) in [5.41, 5.74) is 1.33. The second kappa shape index (κ2) is 6.51. The van der Waals surface area contributed by atoms with Gasteiger partial charge in [0, 0.05) is 30.1 Å². The number of aromatic nitrogens is 2. The van der Waals surface area contributed by atoms with Gasteiger partial charge in [-0.25, -0.2) is 9.78 Å². The van der Waals surface area contributed by atoms with Gasteiger partial charge in [0.25, 0.3) is 0 Å². The van der Waals surface area contributed by atoms with Crippen LogP contribution in [0, 0.1) is 0 Å². The van der Waals surface area contributed by atoms with Crippen LogP contribution >= 0.6 is 0 Å². The molecule has 1 aromatic heterocycles. The zero-order chi connectivity index (χ0) is 14.4. The summed E-state index contributed by atoms with van der Waals surface area (Å²) in [6, 6.07) is 6.09. The van der Waals surface area contributed by atoms with Gasteiger partial charge in [-0.2, -0.15) is 0 Å². The van der Waals surface area contributed by atoms with Crippen LogP contribution in [0.1, 0.15) is 11.3 Å². The van der Waals surface area contributed by atoms with E-state index in [0.29, 0.717) is 12.0 Å². The normalized spacial score (nSPS) is 12.4. The van der Waals surface area contributed by atoms with Gasteiger partial charge >= 0.3 is 5.97 Å². The van der Waals surface area contributed by atoms with E-state index < -0.39 is 12.0 Å². The molecule has 2 aromatic rings. The first-order valence-electron chi connectivity index (χ1n) is 6.07. The number of nitrogens with one attached hydrogen (secondary N) is 1. The van der Waals surface area contributed by atoms with Crippen molar-refractivity contribution >= 4 is 12.2 Å². The molecule has 2 N–H and O–H groups in total. The molecule has 0 saturated carbocycles. The van der Waals surface area contributed by atoms with Crippen molar-refractivity contribution in [3.8, 4) is 5.75 Å². The highest BCUT2D eigenvalue weighted by Gasteiger charge is 2.18. The molecule has 0 amide bonds. The molecular formula is C14H15N3O3. The predicted molar refractivity (Wildman–Crippen MR) is 73.8 cm³/mol. The van der Waals surface area contributed by atoms with Crippen molar-refractivity contribution in [2.45, 2.75) is 12.5 Å². The molecule has 0 aliphatic heterocycles. The first-order chi connectivity index (χ1) is 9.70. The van der Waals surface area contributed by atoms with E-state index in [2.05, 4.69) is 15.0 Å². The third-order valence-electron chi connectivity index (χ3n) is 2.77. The number of aliphatic imine (C=N–C) groups is 1. The van der Waals surface area contributed by atoms with Gasteiger partial charge < -0.3 is 14.8 Å². The first-order valence-corrected chi connectivity index (χ1v) is 6.07. The summed E-state index contributed by atoms with van der Waals surface area (Å²) in [4.78, 5) is 22.7. The van der Waals surface area contributed by atoms with E-state index >= 15 is 0 Å². The zero-order valence-corrected chi connectivity index (χ0v) is 11.0. The highest BCUT2D eigenvalue weighted by Crippen LogP contribution is 2.13. The molecule has 6 heteroatoms. The average Bonchev–Trinajstić information content (AvgIpc) is 2.97. The van der Waals surface area contributed by atoms with Crippen LogP contribution in [0.25, 0.3) is 0 Å². The molecule has 1 atom stereocenters. The summed E-state index contributed by atoms with van der Waals surface area (Å²) in [7, 11) is 1.32. The molecule has 0 fully saturated rings. The van der Waals surface area contributed by atoms with Crippen molar-refractivity contribution < 1.29 is 14.6 Å². The Morgan fingerprint density at radius 1 is 1.55 bits per heavy atom. The van der Waals surface area contributed by atoms with Gasteiger partial charge in [0.1, 0.15) is 5.75 Å². The fraction of sp³-hybridized carbons (Fsp3) is 0.214. The number of carbonyl (C=O) groups excluding carboxylic acids is 1. The van der Waals surface area contributed by atoms with E-state index in [4.69, 9.17) is 4.74 Å². The van der Waals surface area contributed by atoms with Crippen molar-refractivity contribution in [2.24, 2.45) is 4.99 Å². The fourth-order valence-electron chi connectivity index (χ4n) is 1.70. The van der Waals surface area contributed by atoms with Gasteiger partial charge in [-0.3, -0.25) is 4.99 Å². The Morgan fingerprint density at radius 2 is 2.35 bits per heavy atom. The summed E-state index contributed by atoms with van der Waals surface area (Å²) in [6.07, 6.45) is 4.99. The number of nitrogens with zero attached hydrogens (tertiary/aromatic N) is 2. The largest absolute Gasteiger partial charge is 0.507 e. The van der Waals surface area contributed by atoms with Gasteiger partial charge in [-0.05, 0) is 12.1 Å². The third-order valence-corrected chi connectivity index (χ3v) is 2.77. The number of benzene rings is 1. The van der Waals surface area contributed by atoms with Crippen LogP contribution in [-0.2, 0) is 16.0 Å². The summed E-state index contributed by atoms with van der Waals surface area (Å²) in [6.45, 7) is 0. The number of aromatic hydroxyl groups is 1. The minimum absolute atomic E-state index is 0.112. The summed E-state index contributed by atoms with van der Waals surface area (Å²) in [5.74, 6) is -0.326.